The zero-order chi connectivity index (χ0) is 24.0. The molecule has 0 fully saturated rings. The zero-order valence-corrected chi connectivity index (χ0v) is 18.4. The number of nitrogens with one attached hydrogen (secondary N) is 2. The number of nitrogens with zero attached hydrogens (tertiary/aromatic N) is 2. The molecule has 2 amide bonds. The van der Waals surface area contributed by atoms with Gasteiger partial charge in [0.05, 0.1) is 0 Å². The van der Waals surface area contributed by atoms with Crippen LogP contribution in [-0.4, -0.2) is 69.3 Å². The van der Waals surface area contributed by atoms with Crippen LogP contribution in [-0.2, 0) is 11.2 Å². The van der Waals surface area contributed by atoms with Crippen molar-refractivity contribution in [3.8, 4) is 11.1 Å². The second kappa shape index (κ2) is 10.6. The van der Waals surface area contributed by atoms with E-state index in [1.165, 1.54) is 11.0 Å². The van der Waals surface area contributed by atoms with Crippen LogP contribution in [0.15, 0.2) is 60.7 Å². The van der Waals surface area contributed by atoms with Crippen LogP contribution in [0.3, 0.4) is 0 Å². The highest BCUT2D eigenvalue weighted by Crippen LogP contribution is 2.20. The summed E-state index contributed by atoms with van der Waals surface area (Å²) in [6.07, 6.45) is -1.51. The van der Waals surface area contributed by atoms with E-state index in [0.29, 0.717) is 6.42 Å². The van der Waals surface area contributed by atoms with Crippen molar-refractivity contribution in [2.24, 2.45) is 0 Å². The number of aliphatic carboxylic acids is 1. The fourth-order valence-corrected chi connectivity index (χ4v) is 3.35. The van der Waals surface area contributed by atoms with Crippen LogP contribution in [0.25, 0.3) is 11.1 Å². The van der Waals surface area contributed by atoms with E-state index >= 15 is 0 Å². The first-order valence-electron chi connectivity index (χ1n) is 10.4. The highest BCUT2D eigenvalue weighted by molar-refractivity contribution is 5.97. The molecule has 0 aliphatic rings. The Hall–Kier alpha value is -3.98. The van der Waals surface area contributed by atoms with Gasteiger partial charge in [-0.05, 0) is 23.1 Å². The van der Waals surface area contributed by atoms with Crippen LogP contribution in [0.2, 0.25) is 0 Å². The largest absolute Gasteiger partial charge is 0.479 e. The SMILES string of the molecule is CN(C)C(=O)c1cc(C(=O)N[C@H](Cc2ccc(-c3ccccc3)cc2)C[C@@H](O)C(=O)O)[nH]n1. The van der Waals surface area contributed by atoms with E-state index in [1.807, 2.05) is 54.6 Å². The fourth-order valence-electron chi connectivity index (χ4n) is 3.35. The minimum Gasteiger partial charge on any atom is -0.479 e. The minimum atomic E-state index is -1.63. The van der Waals surface area contributed by atoms with E-state index in [4.69, 9.17) is 5.11 Å². The molecule has 172 valence electrons. The van der Waals surface area contributed by atoms with E-state index in [0.717, 1.165) is 16.7 Å². The summed E-state index contributed by atoms with van der Waals surface area (Å²) in [5.74, 6) is -2.28. The molecule has 9 heteroatoms. The monoisotopic (exact) mass is 450 g/mol. The predicted molar refractivity (Wildman–Crippen MR) is 122 cm³/mol. The number of carbonyl (C=O) groups is 3. The molecule has 2 aromatic carbocycles. The van der Waals surface area contributed by atoms with Gasteiger partial charge in [0.15, 0.2) is 11.8 Å². The van der Waals surface area contributed by atoms with Crippen molar-refractivity contribution in [3.05, 3.63) is 77.6 Å². The third-order valence-electron chi connectivity index (χ3n) is 5.12. The number of aromatic nitrogens is 2. The molecule has 0 spiro atoms. The van der Waals surface area contributed by atoms with E-state index < -0.39 is 24.0 Å². The van der Waals surface area contributed by atoms with Crippen LogP contribution in [0.5, 0.6) is 0 Å². The number of hydrogen-bond donors (Lipinski definition) is 4. The van der Waals surface area contributed by atoms with Crippen LogP contribution in [0.4, 0.5) is 0 Å². The van der Waals surface area contributed by atoms with Gasteiger partial charge in [-0.1, -0.05) is 54.6 Å². The second-order valence-corrected chi connectivity index (χ2v) is 7.89. The molecule has 0 saturated heterocycles. The number of benzene rings is 2. The summed E-state index contributed by atoms with van der Waals surface area (Å²) in [4.78, 5) is 37.2. The van der Waals surface area contributed by atoms with Gasteiger partial charge in [0.1, 0.15) is 5.69 Å². The Bertz CT molecular complexity index is 1110. The summed E-state index contributed by atoms with van der Waals surface area (Å²) in [5.41, 5.74) is 3.11. The highest BCUT2D eigenvalue weighted by atomic mass is 16.4. The maximum Gasteiger partial charge on any atom is 0.332 e. The lowest BCUT2D eigenvalue weighted by molar-refractivity contribution is -0.147. The first-order chi connectivity index (χ1) is 15.7. The molecule has 0 radical (unpaired) electrons. The molecule has 0 bridgehead atoms. The number of aliphatic hydroxyl groups is 1. The second-order valence-electron chi connectivity index (χ2n) is 7.89. The Morgan fingerprint density at radius 2 is 1.67 bits per heavy atom. The van der Waals surface area contributed by atoms with Gasteiger partial charge >= 0.3 is 5.97 Å². The maximum atomic E-state index is 12.7. The first-order valence-corrected chi connectivity index (χ1v) is 10.4. The zero-order valence-electron chi connectivity index (χ0n) is 18.4. The number of rotatable bonds is 9. The molecular weight excluding hydrogens is 424 g/mol. The number of aliphatic hydroxyl groups excluding tert-OH is 1. The van der Waals surface area contributed by atoms with E-state index in [2.05, 4.69) is 15.5 Å². The van der Waals surface area contributed by atoms with Gasteiger partial charge in [0, 0.05) is 32.6 Å². The Morgan fingerprint density at radius 1 is 1.03 bits per heavy atom. The molecule has 3 aromatic rings. The van der Waals surface area contributed by atoms with Crippen molar-refractivity contribution < 1.29 is 24.6 Å². The highest BCUT2D eigenvalue weighted by Gasteiger charge is 2.24. The van der Waals surface area contributed by atoms with Gasteiger partial charge in [-0.2, -0.15) is 5.10 Å². The van der Waals surface area contributed by atoms with Crippen molar-refractivity contribution in [1.29, 1.82) is 0 Å². The van der Waals surface area contributed by atoms with Crippen molar-refractivity contribution in [3.63, 3.8) is 0 Å². The molecule has 33 heavy (non-hydrogen) atoms. The number of carboxylic acids is 1. The normalized spacial score (nSPS) is 12.6. The molecule has 0 saturated carbocycles. The summed E-state index contributed by atoms with van der Waals surface area (Å²) in [7, 11) is 3.15. The van der Waals surface area contributed by atoms with Crippen LogP contribution >= 0.6 is 0 Å². The lowest BCUT2D eigenvalue weighted by atomic mass is 9.97. The predicted octanol–water partition coefficient (Wildman–Crippen LogP) is 1.96. The Morgan fingerprint density at radius 3 is 2.27 bits per heavy atom. The van der Waals surface area contributed by atoms with Gasteiger partial charge in [-0.25, -0.2) is 4.79 Å². The molecule has 3 rings (SSSR count). The Balaban J connectivity index is 1.74. The van der Waals surface area contributed by atoms with Crippen molar-refractivity contribution in [2.45, 2.75) is 25.0 Å². The summed E-state index contributed by atoms with van der Waals surface area (Å²) in [6.45, 7) is 0. The quantitative estimate of drug-likeness (QED) is 0.394. The van der Waals surface area contributed by atoms with Crippen molar-refractivity contribution in [1.82, 2.24) is 20.4 Å². The fraction of sp³-hybridized carbons (Fsp3) is 0.250. The molecule has 0 aliphatic heterocycles. The summed E-state index contributed by atoms with van der Waals surface area (Å²) >= 11 is 0. The molecule has 9 nitrogen and oxygen atoms in total. The van der Waals surface area contributed by atoms with E-state index in [9.17, 15) is 19.5 Å². The van der Waals surface area contributed by atoms with Gasteiger partial charge < -0.3 is 20.4 Å². The van der Waals surface area contributed by atoms with Gasteiger partial charge in [0.2, 0.25) is 0 Å². The molecule has 0 unspecified atom stereocenters. The van der Waals surface area contributed by atoms with Crippen LogP contribution < -0.4 is 5.32 Å². The summed E-state index contributed by atoms with van der Waals surface area (Å²) < 4.78 is 0. The Labute approximate surface area is 191 Å². The summed E-state index contributed by atoms with van der Waals surface area (Å²) in [6, 6.07) is 18.2. The average molecular weight is 450 g/mol. The van der Waals surface area contributed by atoms with E-state index in [-0.39, 0.29) is 23.7 Å². The standard InChI is InChI=1S/C24H26N4O5/c1-28(2)23(31)20-14-19(26-27-20)22(30)25-18(13-21(29)24(32)33)12-15-8-10-17(11-9-15)16-6-4-3-5-7-16/h3-11,14,18,21,29H,12-13H2,1-2H3,(H,25,30)(H,26,27)(H,32,33)/t18-,21-/m1/s1. The van der Waals surface area contributed by atoms with Crippen LogP contribution in [0, 0.1) is 0 Å². The van der Waals surface area contributed by atoms with Gasteiger partial charge in [0.25, 0.3) is 11.8 Å². The first kappa shape index (κ1) is 23.7. The van der Waals surface area contributed by atoms with Crippen LogP contribution in [0.1, 0.15) is 33.0 Å². The number of carbonyl (C=O) groups excluding carboxylic acids is 2. The average Bonchev–Trinajstić information content (AvgIpc) is 3.30. The molecular formula is C24H26N4O5. The smallest absolute Gasteiger partial charge is 0.332 e. The van der Waals surface area contributed by atoms with Crippen molar-refractivity contribution in [2.75, 3.05) is 14.1 Å². The number of hydrogen-bond acceptors (Lipinski definition) is 5. The molecule has 1 aromatic heterocycles. The van der Waals surface area contributed by atoms with E-state index in [1.54, 1.807) is 14.1 Å². The lowest BCUT2D eigenvalue weighted by Gasteiger charge is -2.20. The molecule has 0 aliphatic carbocycles. The Kier molecular flexibility index (Phi) is 7.57. The topological polar surface area (TPSA) is 136 Å². The summed E-state index contributed by atoms with van der Waals surface area (Å²) in [5, 5.41) is 28.1. The van der Waals surface area contributed by atoms with Gasteiger partial charge in [-0.3, -0.25) is 14.7 Å². The number of aromatic amines is 1. The maximum absolute atomic E-state index is 12.7. The third kappa shape index (κ3) is 6.27. The lowest BCUT2D eigenvalue weighted by Crippen LogP contribution is -2.40. The molecule has 4 N–H and O–H groups in total. The molecule has 2 atom stereocenters. The minimum absolute atomic E-state index is 0.0643. The van der Waals surface area contributed by atoms with Gasteiger partial charge in [-0.15, -0.1) is 0 Å². The number of amides is 2. The van der Waals surface area contributed by atoms with Crippen molar-refractivity contribution >= 4 is 17.8 Å². The number of carboxylic acid groups (broad SMARTS) is 1. The third-order valence-corrected chi connectivity index (χ3v) is 5.12. The number of H-pyrrole nitrogens is 1. The molecule has 1 heterocycles.